The van der Waals surface area contributed by atoms with Gasteiger partial charge in [-0.2, -0.15) is 0 Å². The molecule has 0 saturated carbocycles. The molecule has 17 heavy (non-hydrogen) atoms. The molecule has 0 saturated heterocycles. The summed E-state index contributed by atoms with van der Waals surface area (Å²) in [6.45, 7) is 0. The highest BCUT2D eigenvalue weighted by Gasteiger charge is 2.41. The molecule has 0 aliphatic carbocycles. The molecule has 0 bridgehead atoms. The molecular weight excluding hydrogens is 320 g/mol. The van der Waals surface area contributed by atoms with Crippen LogP contribution in [0.5, 0.6) is 0 Å². The van der Waals surface area contributed by atoms with Crippen LogP contribution in [0.1, 0.15) is 0 Å². The van der Waals surface area contributed by atoms with E-state index in [-0.39, 0.29) is 0 Å². The summed E-state index contributed by atoms with van der Waals surface area (Å²) >= 11 is 0. The summed E-state index contributed by atoms with van der Waals surface area (Å²) in [5.41, 5.74) is 0. The summed E-state index contributed by atoms with van der Waals surface area (Å²) in [5.74, 6) is -4.34. The lowest BCUT2D eigenvalue weighted by Crippen LogP contribution is -2.02. The van der Waals surface area contributed by atoms with Gasteiger partial charge in [0.15, 0.2) is 0 Å². The van der Waals surface area contributed by atoms with Crippen LogP contribution in [0, 0.1) is 0 Å². The first-order valence-electron chi connectivity index (χ1n) is 3.83. The van der Waals surface area contributed by atoms with Gasteiger partial charge >= 0.3 is 22.8 Å². The number of hydrogen-bond donors (Lipinski definition) is 6. The van der Waals surface area contributed by atoms with Crippen LogP contribution in [0.25, 0.3) is 0 Å². The van der Waals surface area contributed by atoms with Gasteiger partial charge in [-0.3, -0.25) is 13.7 Å². The Labute approximate surface area is 95.9 Å². The minimum Gasteiger partial charge on any atom is -0.324 e. The topological polar surface area (TPSA) is 190 Å². The first-order valence-corrected chi connectivity index (χ1v) is 11.5. The summed E-state index contributed by atoms with van der Waals surface area (Å²) in [6.07, 6.45) is 0. The smallest absolute Gasteiger partial charge is 0.324 e. The van der Waals surface area contributed by atoms with Crippen molar-refractivity contribution in [2.45, 2.75) is 0 Å². The van der Waals surface area contributed by atoms with Crippen LogP contribution in [-0.2, 0) is 18.3 Å². The fraction of sp³-hybridized carbons (Fsp3) is 1.00. The van der Waals surface area contributed by atoms with Gasteiger partial charge in [0.1, 0.15) is 24.9 Å². The van der Waals surface area contributed by atoms with E-state index >= 15 is 0 Å². The molecule has 10 nitrogen and oxygen atoms in total. The summed E-state index contributed by atoms with van der Waals surface area (Å²) in [4.78, 5) is 51.5. The molecule has 0 aromatic heterocycles. The highest BCUT2D eigenvalue weighted by atomic mass is 31.3. The normalized spacial score (nSPS) is 14.9. The van der Waals surface area contributed by atoms with E-state index in [0.717, 1.165) is 0 Å². The van der Waals surface area contributed by atoms with E-state index in [4.69, 9.17) is 29.4 Å². The maximum Gasteiger partial charge on any atom is 0.332 e. The van der Waals surface area contributed by atoms with Crippen molar-refractivity contribution < 1.29 is 47.6 Å². The predicted molar refractivity (Wildman–Crippen MR) is 58.3 cm³/mol. The average molecular weight is 332 g/mol. The van der Waals surface area contributed by atoms with Gasteiger partial charge in [-0.1, -0.05) is 0 Å². The van der Waals surface area contributed by atoms with E-state index in [9.17, 15) is 18.3 Å². The van der Waals surface area contributed by atoms with Gasteiger partial charge in [0.05, 0.1) is 0 Å². The second-order valence-electron chi connectivity index (χ2n) is 3.48. The fourth-order valence-corrected chi connectivity index (χ4v) is 12.7. The Morgan fingerprint density at radius 2 is 0.706 bits per heavy atom. The molecule has 0 amide bonds. The minimum absolute atomic E-state index is 1.45. The summed E-state index contributed by atoms with van der Waals surface area (Å²) < 4.78 is 43.7. The Bertz CT molecular complexity index is 382. The molecule has 104 valence electrons. The van der Waals surface area contributed by atoms with Gasteiger partial charge in [-0.25, -0.2) is 0 Å². The molecule has 0 aromatic carbocycles. The fourth-order valence-electron chi connectivity index (χ4n) is 1.14. The SMILES string of the molecule is O=P(O)(O)CP(=O)(CP(=O)(O)O)CP(=O)(O)O. The maximum atomic E-state index is 11.8. The Morgan fingerprint density at radius 1 is 0.529 bits per heavy atom. The molecular formula is C3H12O10P4. The summed E-state index contributed by atoms with van der Waals surface area (Å²) in [6, 6.07) is 0. The van der Waals surface area contributed by atoms with Crippen molar-refractivity contribution in [2.75, 3.05) is 17.7 Å². The molecule has 0 fully saturated rings. The molecule has 0 aliphatic rings. The molecule has 0 radical (unpaired) electrons. The third-order valence-electron chi connectivity index (χ3n) is 1.33. The van der Waals surface area contributed by atoms with Crippen LogP contribution >= 0.6 is 29.9 Å². The van der Waals surface area contributed by atoms with Crippen molar-refractivity contribution in [3.63, 3.8) is 0 Å². The van der Waals surface area contributed by atoms with Gasteiger partial charge in [0, 0.05) is 0 Å². The van der Waals surface area contributed by atoms with E-state index < -0.39 is 47.6 Å². The molecule has 0 unspecified atom stereocenters. The predicted octanol–water partition coefficient (Wildman–Crippen LogP) is -0.245. The lowest BCUT2D eigenvalue weighted by molar-refractivity contribution is 0.377. The average Bonchev–Trinajstić information content (AvgIpc) is 1.65. The van der Waals surface area contributed by atoms with Gasteiger partial charge in [-0.05, 0) is 0 Å². The van der Waals surface area contributed by atoms with Crippen molar-refractivity contribution >= 4 is 29.9 Å². The molecule has 0 heterocycles. The minimum atomic E-state index is -4.91. The molecule has 0 aromatic rings. The van der Waals surface area contributed by atoms with Crippen molar-refractivity contribution in [3.05, 3.63) is 0 Å². The Kier molecular flexibility index (Phi) is 5.57. The maximum absolute atomic E-state index is 11.8. The van der Waals surface area contributed by atoms with E-state index in [2.05, 4.69) is 0 Å². The first-order chi connectivity index (χ1) is 7.12. The van der Waals surface area contributed by atoms with E-state index in [1.165, 1.54) is 0 Å². The quantitative estimate of drug-likeness (QED) is 0.354. The lowest BCUT2D eigenvalue weighted by Gasteiger charge is -2.19. The highest BCUT2D eigenvalue weighted by molar-refractivity contribution is 7.87. The van der Waals surface area contributed by atoms with Crippen molar-refractivity contribution in [3.8, 4) is 0 Å². The molecule has 0 spiro atoms. The Hall–Kier alpha value is 0.680. The summed E-state index contributed by atoms with van der Waals surface area (Å²) in [5, 5.41) is 0. The second-order valence-corrected chi connectivity index (χ2v) is 13.0. The third kappa shape index (κ3) is 10.3. The third-order valence-corrected chi connectivity index (χ3v) is 11.9. The zero-order valence-electron chi connectivity index (χ0n) is 8.23. The van der Waals surface area contributed by atoms with Gasteiger partial charge in [-0.15, -0.1) is 0 Å². The molecule has 0 rings (SSSR count). The van der Waals surface area contributed by atoms with E-state index in [1.807, 2.05) is 0 Å². The second kappa shape index (κ2) is 5.35. The van der Waals surface area contributed by atoms with Gasteiger partial charge < -0.3 is 33.9 Å². The molecule has 14 heteroatoms. The van der Waals surface area contributed by atoms with Gasteiger partial charge in [0.25, 0.3) is 0 Å². The molecule has 6 N–H and O–H groups in total. The van der Waals surface area contributed by atoms with Crippen LogP contribution in [0.2, 0.25) is 0 Å². The van der Waals surface area contributed by atoms with Crippen molar-refractivity contribution in [1.29, 1.82) is 0 Å². The van der Waals surface area contributed by atoms with Crippen LogP contribution in [0.4, 0.5) is 0 Å². The van der Waals surface area contributed by atoms with E-state index in [1.54, 1.807) is 0 Å². The lowest BCUT2D eigenvalue weighted by atomic mass is 11.8. The first kappa shape index (κ1) is 17.7. The number of rotatable bonds is 6. The van der Waals surface area contributed by atoms with Crippen LogP contribution in [-0.4, -0.2) is 47.1 Å². The number of hydrogen-bond acceptors (Lipinski definition) is 4. The Morgan fingerprint density at radius 3 is 0.824 bits per heavy atom. The van der Waals surface area contributed by atoms with Gasteiger partial charge in [0.2, 0.25) is 0 Å². The standard InChI is InChI=1S/C3H12O10P4/c4-14(1-15(5,6)7,2-16(8,9)10)3-17(11,12)13/h1-3H2,(H2,5,6,7)(H2,8,9,10)(H2,11,12,13). The summed E-state index contributed by atoms with van der Waals surface area (Å²) in [7, 11) is -19.1. The molecule has 0 atom stereocenters. The zero-order chi connectivity index (χ0) is 14.1. The van der Waals surface area contributed by atoms with Crippen LogP contribution in [0.15, 0.2) is 0 Å². The van der Waals surface area contributed by atoms with Crippen LogP contribution < -0.4 is 0 Å². The van der Waals surface area contributed by atoms with E-state index in [0.29, 0.717) is 0 Å². The Balaban J connectivity index is 5.24. The van der Waals surface area contributed by atoms with Crippen LogP contribution in [0.3, 0.4) is 0 Å². The van der Waals surface area contributed by atoms with Crippen molar-refractivity contribution in [1.82, 2.24) is 0 Å². The monoisotopic (exact) mass is 332 g/mol. The highest BCUT2D eigenvalue weighted by Crippen LogP contribution is 2.68. The van der Waals surface area contributed by atoms with Crippen molar-refractivity contribution in [2.24, 2.45) is 0 Å². The largest absolute Gasteiger partial charge is 0.332 e. The zero-order valence-corrected chi connectivity index (χ0v) is 11.8. The molecule has 0 aliphatic heterocycles.